The van der Waals surface area contributed by atoms with Gasteiger partial charge in [0.15, 0.2) is 5.82 Å². The number of halogens is 2. The molecule has 0 saturated heterocycles. The molecule has 0 spiro atoms. The molecule has 0 fully saturated rings. The Morgan fingerprint density at radius 3 is 2.69 bits per heavy atom. The molecule has 1 aromatic carbocycles. The highest BCUT2D eigenvalue weighted by molar-refractivity contribution is 6.31. The fourth-order valence-corrected chi connectivity index (χ4v) is 1.45. The standard InChI is InChI=1S/C10H8ClFN4/c1-5-14-10(13)9(16-15-5)6-2-3-8(12)7(11)4-6/h2-4H,1H3,(H2,13,14,15). The molecular formula is C10H8ClFN4. The molecule has 2 N–H and O–H groups in total. The molecule has 0 bridgehead atoms. The van der Waals surface area contributed by atoms with Gasteiger partial charge >= 0.3 is 0 Å². The van der Waals surface area contributed by atoms with E-state index in [1.165, 1.54) is 18.2 Å². The lowest BCUT2D eigenvalue weighted by Gasteiger charge is -2.04. The molecule has 0 saturated carbocycles. The van der Waals surface area contributed by atoms with Gasteiger partial charge in [-0.1, -0.05) is 11.6 Å². The van der Waals surface area contributed by atoms with E-state index in [9.17, 15) is 4.39 Å². The summed E-state index contributed by atoms with van der Waals surface area (Å²) in [6, 6.07) is 4.21. The Balaban J connectivity index is 2.54. The first-order valence-electron chi connectivity index (χ1n) is 4.50. The molecule has 1 aromatic heterocycles. The molecular weight excluding hydrogens is 231 g/mol. The summed E-state index contributed by atoms with van der Waals surface area (Å²) in [7, 11) is 0. The number of nitrogens with two attached hydrogens (primary N) is 1. The third-order valence-electron chi connectivity index (χ3n) is 2.01. The van der Waals surface area contributed by atoms with Gasteiger partial charge in [0.25, 0.3) is 0 Å². The average Bonchev–Trinajstić information content (AvgIpc) is 2.22. The molecule has 2 rings (SSSR count). The number of nitrogen functional groups attached to an aromatic ring is 1. The molecule has 16 heavy (non-hydrogen) atoms. The third kappa shape index (κ3) is 1.94. The third-order valence-corrected chi connectivity index (χ3v) is 2.30. The van der Waals surface area contributed by atoms with Gasteiger partial charge in [-0.25, -0.2) is 9.37 Å². The van der Waals surface area contributed by atoms with Gasteiger partial charge in [0.1, 0.15) is 17.3 Å². The van der Waals surface area contributed by atoms with Crippen molar-refractivity contribution in [3.05, 3.63) is 34.9 Å². The van der Waals surface area contributed by atoms with Crippen LogP contribution >= 0.6 is 11.6 Å². The first kappa shape index (κ1) is 10.8. The number of benzene rings is 1. The molecule has 0 aliphatic heterocycles. The summed E-state index contributed by atoms with van der Waals surface area (Å²) in [5.41, 5.74) is 6.67. The van der Waals surface area contributed by atoms with E-state index in [0.717, 1.165) is 0 Å². The Labute approximate surface area is 96.3 Å². The van der Waals surface area contributed by atoms with Crippen molar-refractivity contribution < 1.29 is 4.39 Å². The van der Waals surface area contributed by atoms with Crippen LogP contribution in [0.15, 0.2) is 18.2 Å². The van der Waals surface area contributed by atoms with E-state index >= 15 is 0 Å². The molecule has 4 nitrogen and oxygen atoms in total. The number of anilines is 1. The van der Waals surface area contributed by atoms with Crippen LogP contribution in [0.25, 0.3) is 11.3 Å². The second-order valence-electron chi connectivity index (χ2n) is 3.22. The molecule has 1 heterocycles. The summed E-state index contributed by atoms with van der Waals surface area (Å²) in [4.78, 5) is 3.97. The van der Waals surface area contributed by atoms with Crippen molar-refractivity contribution in [3.63, 3.8) is 0 Å². The summed E-state index contributed by atoms with van der Waals surface area (Å²) in [6.07, 6.45) is 0. The van der Waals surface area contributed by atoms with E-state index in [4.69, 9.17) is 17.3 Å². The van der Waals surface area contributed by atoms with Crippen molar-refractivity contribution in [2.45, 2.75) is 6.92 Å². The van der Waals surface area contributed by atoms with E-state index in [2.05, 4.69) is 15.2 Å². The highest BCUT2D eigenvalue weighted by Gasteiger charge is 2.09. The number of rotatable bonds is 1. The minimum absolute atomic E-state index is 0.0132. The van der Waals surface area contributed by atoms with Crippen molar-refractivity contribution in [2.75, 3.05) is 5.73 Å². The summed E-state index contributed by atoms with van der Waals surface area (Å²) in [6.45, 7) is 1.69. The van der Waals surface area contributed by atoms with Gasteiger partial charge in [0.2, 0.25) is 0 Å². The van der Waals surface area contributed by atoms with Gasteiger partial charge in [-0.3, -0.25) is 0 Å². The number of hydrogen-bond donors (Lipinski definition) is 1. The lowest BCUT2D eigenvalue weighted by Crippen LogP contribution is -2.02. The fraction of sp³-hybridized carbons (Fsp3) is 0.100. The van der Waals surface area contributed by atoms with E-state index in [-0.39, 0.29) is 10.8 Å². The van der Waals surface area contributed by atoms with Gasteiger partial charge in [-0.2, -0.15) is 0 Å². The number of aryl methyl sites for hydroxylation is 1. The van der Waals surface area contributed by atoms with Crippen molar-refractivity contribution >= 4 is 17.4 Å². The minimum atomic E-state index is -0.489. The van der Waals surface area contributed by atoms with Gasteiger partial charge in [0.05, 0.1) is 5.02 Å². The van der Waals surface area contributed by atoms with Crippen molar-refractivity contribution in [2.24, 2.45) is 0 Å². The summed E-state index contributed by atoms with van der Waals surface area (Å²) in [5.74, 6) is 0.238. The Morgan fingerprint density at radius 2 is 2.06 bits per heavy atom. The smallest absolute Gasteiger partial charge is 0.154 e. The Kier molecular flexibility index (Phi) is 2.70. The summed E-state index contributed by atoms with van der Waals surface area (Å²) >= 11 is 5.66. The normalized spacial score (nSPS) is 10.4. The van der Waals surface area contributed by atoms with E-state index < -0.39 is 5.82 Å². The van der Waals surface area contributed by atoms with Crippen LogP contribution in [0.4, 0.5) is 10.2 Å². The quantitative estimate of drug-likeness (QED) is 0.827. The lowest BCUT2D eigenvalue weighted by atomic mass is 10.1. The molecule has 0 aliphatic rings. The molecule has 2 aromatic rings. The predicted molar refractivity (Wildman–Crippen MR) is 59.4 cm³/mol. The zero-order valence-electron chi connectivity index (χ0n) is 8.41. The molecule has 0 atom stereocenters. The van der Waals surface area contributed by atoms with Gasteiger partial charge < -0.3 is 5.73 Å². The lowest BCUT2D eigenvalue weighted by molar-refractivity contribution is 0.628. The fourth-order valence-electron chi connectivity index (χ4n) is 1.27. The van der Waals surface area contributed by atoms with Crippen LogP contribution < -0.4 is 5.73 Å². The van der Waals surface area contributed by atoms with Crippen molar-refractivity contribution in [1.29, 1.82) is 0 Å². The van der Waals surface area contributed by atoms with E-state index in [1.807, 2.05) is 0 Å². The van der Waals surface area contributed by atoms with E-state index in [1.54, 1.807) is 6.92 Å². The second-order valence-corrected chi connectivity index (χ2v) is 3.63. The molecule has 0 aliphatic carbocycles. The van der Waals surface area contributed by atoms with Crippen LogP contribution in [0.5, 0.6) is 0 Å². The number of hydrogen-bond acceptors (Lipinski definition) is 4. The Bertz CT molecular complexity index is 544. The molecule has 6 heteroatoms. The summed E-state index contributed by atoms with van der Waals surface area (Å²) in [5, 5.41) is 7.70. The molecule has 0 radical (unpaired) electrons. The van der Waals surface area contributed by atoms with Gasteiger partial charge in [-0.15, -0.1) is 10.2 Å². The van der Waals surface area contributed by atoms with E-state index in [0.29, 0.717) is 17.1 Å². The van der Waals surface area contributed by atoms with Crippen LogP contribution in [0.2, 0.25) is 5.02 Å². The Hall–Kier alpha value is -1.75. The first-order valence-corrected chi connectivity index (χ1v) is 4.88. The topological polar surface area (TPSA) is 64.7 Å². The van der Waals surface area contributed by atoms with Gasteiger partial charge in [-0.05, 0) is 25.1 Å². The van der Waals surface area contributed by atoms with Crippen LogP contribution in [-0.2, 0) is 0 Å². The van der Waals surface area contributed by atoms with Gasteiger partial charge in [0, 0.05) is 5.56 Å². The SMILES string of the molecule is Cc1nnc(-c2ccc(F)c(Cl)c2)c(N)n1. The van der Waals surface area contributed by atoms with Crippen LogP contribution in [0.1, 0.15) is 5.82 Å². The van der Waals surface area contributed by atoms with Crippen LogP contribution in [-0.4, -0.2) is 15.2 Å². The zero-order chi connectivity index (χ0) is 11.7. The zero-order valence-corrected chi connectivity index (χ0v) is 9.16. The van der Waals surface area contributed by atoms with Crippen molar-refractivity contribution in [1.82, 2.24) is 15.2 Å². The van der Waals surface area contributed by atoms with Crippen molar-refractivity contribution in [3.8, 4) is 11.3 Å². The highest BCUT2D eigenvalue weighted by Crippen LogP contribution is 2.25. The Morgan fingerprint density at radius 1 is 1.31 bits per heavy atom. The molecule has 0 amide bonds. The molecule has 82 valence electrons. The minimum Gasteiger partial charge on any atom is -0.382 e. The maximum absolute atomic E-state index is 13.0. The van der Waals surface area contributed by atoms with Crippen LogP contribution in [0.3, 0.4) is 0 Å². The average molecular weight is 239 g/mol. The molecule has 0 unspecified atom stereocenters. The number of nitrogens with zero attached hydrogens (tertiary/aromatic N) is 3. The predicted octanol–water partition coefficient (Wildman–Crippen LogP) is 2.22. The maximum Gasteiger partial charge on any atom is 0.154 e. The first-order chi connectivity index (χ1) is 7.58. The highest BCUT2D eigenvalue weighted by atomic mass is 35.5. The number of aromatic nitrogens is 3. The van der Waals surface area contributed by atoms with Crippen LogP contribution in [0, 0.1) is 12.7 Å². The summed E-state index contributed by atoms with van der Waals surface area (Å²) < 4.78 is 13.0. The monoisotopic (exact) mass is 238 g/mol. The second kappa shape index (κ2) is 4.02. The maximum atomic E-state index is 13.0. The largest absolute Gasteiger partial charge is 0.382 e.